The van der Waals surface area contributed by atoms with Gasteiger partial charge in [-0.25, -0.2) is 0 Å². The molecule has 2 unspecified atom stereocenters. The average Bonchev–Trinajstić information content (AvgIpc) is 2.98. The van der Waals surface area contributed by atoms with Crippen LogP contribution in [-0.2, 0) is 9.22 Å². The lowest BCUT2D eigenvalue weighted by Crippen LogP contribution is -2.61. The van der Waals surface area contributed by atoms with E-state index in [2.05, 4.69) is 62.4 Å². The van der Waals surface area contributed by atoms with E-state index in [1.54, 1.807) is 0 Å². The Labute approximate surface area is 139 Å². The van der Waals surface area contributed by atoms with Gasteiger partial charge in [0.25, 0.3) is 8.32 Å². The van der Waals surface area contributed by atoms with Gasteiger partial charge in [0.2, 0.25) is 0 Å². The Morgan fingerprint density at radius 1 is 1.04 bits per heavy atom. The zero-order valence-electron chi connectivity index (χ0n) is 13.8. The van der Waals surface area contributed by atoms with E-state index in [0.29, 0.717) is 17.9 Å². The number of hydrogen-bond donors (Lipinski definition) is 0. The summed E-state index contributed by atoms with van der Waals surface area (Å²) < 4.78 is 6.83. The van der Waals surface area contributed by atoms with E-state index in [4.69, 9.17) is 4.43 Å². The minimum absolute atomic E-state index is 0.229. The van der Waals surface area contributed by atoms with Crippen molar-refractivity contribution < 1.29 is 9.22 Å². The summed E-state index contributed by atoms with van der Waals surface area (Å²) in [6, 6.07) is 21.1. The Morgan fingerprint density at radius 3 is 2.00 bits per heavy atom. The van der Waals surface area contributed by atoms with E-state index in [1.165, 1.54) is 10.4 Å². The second-order valence-corrected chi connectivity index (χ2v) is 10.4. The summed E-state index contributed by atoms with van der Waals surface area (Å²) in [6.07, 6.45) is 2.86. The van der Waals surface area contributed by atoms with Crippen LogP contribution in [0.4, 0.5) is 0 Å². The van der Waals surface area contributed by atoms with Crippen LogP contribution in [0.3, 0.4) is 0 Å². The Hall–Kier alpha value is -1.71. The maximum Gasteiger partial charge on any atom is 0.259 e. The molecule has 2 aromatic carbocycles. The van der Waals surface area contributed by atoms with E-state index >= 15 is 0 Å². The maximum atomic E-state index is 11.4. The van der Waals surface area contributed by atoms with Gasteiger partial charge in [0.05, 0.1) is 0 Å². The summed E-state index contributed by atoms with van der Waals surface area (Å²) in [4.78, 5) is 11.4. The largest absolute Gasteiger partial charge is 0.404 e. The van der Waals surface area contributed by atoms with E-state index < -0.39 is 8.32 Å². The van der Waals surface area contributed by atoms with Gasteiger partial charge in [-0.1, -0.05) is 74.5 Å². The second kappa shape index (κ2) is 6.81. The molecule has 0 saturated carbocycles. The van der Waals surface area contributed by atoms with E-state index in [0.717, 1.165) is 12.7 Å². The Balaban J connectivity index is 2.16. The molecule has 0 amide bonds. The van der Waals surface area contributed by atoms with E-state index in [-0.39, 0.29) is 6.10 Å². The van der Waals surface area contributed by atoms with E-state index in [1.807, 2.05) is 12.1 Å². The average molecular weight is 324 g/mol. The standard InChI is InChI=1S/C20H24O2Si/c1-16(2)20-15-19(13-14-21)23(22-20,17-9-5-3-6-10-17)18-11-7-4-8-12-18/h3-12,14,16,19-20H,13,15H2,1-2H3. The molecule has 0 radical (unpaired) electrons. The van der Waals surface area contributed by atoms with Gasteiger partial charge in [-0.05, 0) is 28.3 Å². The van der Waals surface area contributed by atoms with Gasteiger partial charge in [0.1, 0.15) is 6.29 Å². The van der Waals surface area contributed by atoms with Gasteiger partial charge in [-0.2, -0.15) is 0 Å². The normalized spacial score (nSPS) is 23.1. The fraction of sp³-hybridized carbons (Fsp3) is 0.350. The fourth-order valence-corrected chi connectivity index (χ4v) is 8.72. The van der Waals surface area contributed by atoms with Gasteiger partial charge in [0.15, 0.2) is 0 Å². The Kier molecular flexibility index (Phi) is 4.78. The van der Waals surface area contributed by atoms with Crippen LogP contribution in [0, 0.1) is 5.92 Å². The number of benzene rings is 2. The number of hydrogen-bond acceptors (Lipinski definition) is 2. The lowest BCUT2D eigenvalue weighted by atomic mass is 10.0. The highest BCUT2D eigenvalue weighted by atomic mass is 28.4. The van der Waals surface area contributed by atoms with Gasteiger partial charge < -0.3 is 9.22 Å². The molecule has 1 aliphatic heterocycles. The Bertz CT molecular complexity index is 600. The van der Waals surface area contributed by atoms with Crippen LogP contribution < -0.4 is 10.4 Å². The third-order valence-electron chi connectivity index (χ3n) is 4.96. The first-order chi connectivity index (χ1) is 11.2. The molecule has 3 heteroatoms. The summed E-state index contributed by atoms with van der Waals surface area (Å²) in [5.41, 5.74) is 0.303. The van der Waals surface area contributed by atoms with Crippen LogP contribution >= 0.6 is 0 Å². The van der Waals surface area contributed by atoms with Crippen molar-refractivity contribution in [3.8, 4) is 0 Å². The molecule has 0 N–H and O–H groups in total. The third kappa shape index (κ3) is 2.91. The fourth-order valence-electron chi connectivity index (χ4n) is 3.76. The van der Waals surface area contributed by atoms with Gasteiger partial charge in [-0.15, -0.1) is 0 Å². The molecule has 120 valence electrons. The minimum atomic E-state index is -2.39. The smallest absolute Gasteiger partial charge is 0.259 e. The van der Waals surface area contributed by atoms with Crippen molar-refractivity contribution in [3.63, 3.8) is 0 Å². The summed E-state index contributed by atoms with van der Waals surface area (Å²) >= 11 is 0. The zero-order chi connectivity index (χ0) is 16.3. The van der Waals surface area contributed by atoms with Crippen LogP contribution in [0.25, 0.3) is 0 Å². The van der Waals surface area contributed by atoms with Crippen LogP contribution in [0.5, 0.6) is 0 Å². The molecule has 3 rings (SSSR count). The summed E-state index contributed by atoms with van der Waals surface area (Å²) in [5, 5.41) is 2.56. The highest BCUT2D eigenvalue weighted by molar-refractivity contribution is 6.99. The van der Waals surface area contributed by atoms with Gasteiger partial charge >= 0.3 is 0 Å². The Morgan fingerprint density at radius 2 is 1.57 bits per heavy atom. The van der Waals surface area contributed by atoms with Crippen molar-refractivity contribution in [2.24, 2.45) is 5.92 Å². The number of carbonyl (C=O) groups is 1. The van der Waals surface area contributed by atoms with Crippen LogP contribution in [0.2, 0.25) is 5.54 Å². The summed E-state index contributed by atoms with van der Waals surface area (Å²) in [7, 11) is -2.39. The molecule has 0 aliphatic carbocycles. The molecule has 0 spiro atoms. The highest BCUT2D eigenvalue weighted by Gasteiger charge is 2.54. The molecule has 1 fully saturated rings. The lowest BCUT2D eigenvalue weighted by Gasteiger charge is -2.33. The number of carbonyl (C=O) groups excluding carboxylic acids is 1. The molecule has 1 heterocycles. The number of rotatable bonds is 5. The SMILES string of the molecule is CC(C)C1CC(CC=O)[Si](c2ccccc2)(c2ccccc2)O1. The predicted octanol–water partition coefficient (Wildman–Crippen LogP) is 3.15. The van der Waals surface area contributed by atoms with E-state index in [9.17, 15) is 4.79 Å². The number of aldehydes is 1. The van der Waals surface area contributed by atoms with Crippen molar-refractivity contribution in [3.05, 3.63) is 60.7 Å². The monoisotopic (exact) mass is 324 g/mol. The second-order valence-electron chi connectivity index (χ2n) is 6.70. The van der Waals surface area contributed by atoms with Crippen molar-refractivity contribution in [2.45, 2.75) is 38.3 Å². The molecule has 1 aliphatic rings. The lowest BCUT2D eigenvalue weighted by molar-refractivity contribution is -0.107. The zero-order valence-corrected chi connectivity index (χ0v) is 14.8. The third-order valence-corrected chi connectivity index (χ3v) is 9.64. The topological polar surface area (TPSA) is 26.3 Å². The molecule has 0 bridgehead atoms. The van der Waals surface area contributed by atoms with Crippen LogP contribution in [-0.4, -0.2) is 20.7 Å². The van der Waals surface area contributed by atoms with Crippen molar-refractivity contribution >= 4 is 25.0 Å². The quantitative estimate of drug-likeness (QED) is 0.624. The maximum absolute atomic E-state index is 11.4. The van der Waals surface area contributed by atoms with Gasteiger partial charge in [-0.3, -0.25) is 0 Å². The van der Waals surface area contributed by atoms with Crippen LogP contribution in [0.15, 0.2) is 60.7 Å². The van der Waals surface area contributed by atoms with Crippen molar-refractivity contribution in [1.29, 1.82) is 0 Å². The van der Waals surface area contributed by atoms with Crippen molar-refractivity contribution in [2.75, 3.05) is 0 Å². The molecular formula is C20H24O2Si. The first-order valence-electron chi connectivity index (χ1n) is 8.41. The minimum Gasteiger partial charge on any atom is -0.404 e. The molecule has 23 heavy (non-hydrogen) atoms. The first-order valence-corrected chi connectivity index (χ1v) is 10.4. The molecule has 1 saturated heterocycles. The summed E-state index contributed by atoms with van der Waals surface area (Å²) in [6.45, 7) is 4.42. The van der Waals surface area contributed by atoms with Crippen LogP contribution in [0.1, 0.15) is 26.7 Å². The predicted molar refractivity (Wildman–Crippen MR) is 96.7 cm³/mol. The van der Waals surface area contributed by atoms with Gasteiger partial charge in [0, 0.05) is 12.5 Å². The first kappa shape index (κ1) is 16.2. The highest BCUT2D eigenvalue weighted by Crippen LogP contribution is 2.41. The molecular weight excluding hydrogens is 300 g/mol. The molecule has 2 aromatic rings. The summed E-state index contributed by atoms with van der Waals surface area (Å²) in [5.74, 6) is 0.464. The van der Waals surface area contributed by atoms with Crippen molar-refractivity contribution in [1.82, 2.24) is 0 Å². The molecule has 2 nitrogen and oxygen atoms in total. The molecule has 2 atom stereocenters. The molecule has 0 aromatic heterocycles.